The molecule has 0 aliphatic heterocycles. The molecule has 0 bridgehead atoms. The molecule has 0 aliphatic carbocycles. The lowest BCUT2D eigenvalue weighted by Gasteiger charge is -2.11. The van der Waals surface area contributed by atoms with E-state index in [1.54, 1.807) is 30.3 Å². The van der Waals surface area contributed by atoms with Crippen LogP contribution < -0.4 is 4.74 Å². The van der Waals surface area contributed by atoms with Gasteiger partial charge < -0.3 is 9.47 Å². The van der Waals surface area contributed by atoms with Crippen molar-refractivity contribution >= 4 is 17.8 Å². The third kappa shape index (κ3) is 4.03. The van der Waals surface area contributed by atoms with E-state index >= 15 is 0 Å². The average molecular weight is 398 g/mol. The van der Waals surface area contributed by atoms with Gasteiger partial charge in [-0.25, -0.2) is 9.48 Å². The highest BCUT2D eigenvalue weighted by Gasteiger charge is 2.31. The highest BCUT2D eigenvalue weighted by Crippen LogP contribution is 2.34. The van der Waals surface area contributed by atoms with E-state index in [0.717, 1.165) is 25.3 Å². The zero-order valence-corrected chi connectivity index (χ0v) is 14.5. The molecule has 0 radical (unpaired) electrons. The smallest absolute Gasteiger partial charge is 0.437 e. The van der Waals surface area contributed by atoms with Crippen LogP contribution in [0.1, 0.15) is 5.56 Å². The summed E-state index contributed by atoms with van der Waals surface area (Å²) < 4.78 is 49.0. The summed E-state index contributed by atoms with van der Waals surface area (Å²) in [5, 5.41) is 3.82. The predicted octanol–water partition coefficient (Wildman–Crippen LogP) is 4.75. The van der Waals surface area contributed by atoms with Crippen molar-refractivity contribution in [2.75, 3.05) is 7.11 Å². The van der Waals surface area contributed by atoms with Gasteiger partial charge in [-0.15, -0.1) is 5.10 Å². The van der Waals surface area contributed by atoms with E-state index < -0.39 is 17.9 Å². The Hall–Kier alpha value is -3.07. The number of methoxy groups -OCH3 is 1. The van der Waals surface area contributed by atoms with Crippen LogP contribution in [-0.2, 0) is 10.9 Å². The second-order valence-electron chi connectivity index (χ2n) is 5.22. The number of rotatable bonds is 3. The van der Waals surface area contributed by atoms with Crippen molar-refractivity contribution in [3.8, 4) is 23.1 Å². The molecule has 3 aromatic rings. The lowest BCUT2D eigenvalue weighted by Crippen LogP contribution is -2.09. The Bertz CT molecular complexity index is 975. The van der Waals surface area contributed by atoms with Crippen LogP contribution in [0.5, 0.6) is 6.01 Å². The van der Waals surface area contributed by atoms with Crippen molar-refractivity contribution in [2.45, 2.75) is 6.18 Å². The van der Waals surface area contributed by atoms with Gasteiger partial charge in [-0.05, 0) is 18.2 Å². The number of halogens is 4. The van der Waals surface area contributed by atoms with E-state index in [9.17, 15) is 18.0 Å². The van der Waals surface area contributed by atoms with E-state index in [2.05, 4.69) is 14.8 Å². The summed E-state index contributed by atoms with van der Waals surface area (Å²) >= 11 is 6.05. The lowest BCUT2D eigenvalue weighted by atomic mass is 10.2. The van der Waals surface area contributed by atoms with Gasteiger partial charge in [0.15, 0.2) is 5.82 Å². The zero-order chi connectivity index (χ0) is 19.6. The second kappa shape index (κ2) is 7.28. The first-order chi connectivity index (χ1) is 12.8. The quantitative estimate of drug-likeness (QED) is 0.596. The summed E-state index contributed by atoms with van der Waals surface area (Å²) in [6.07, 6.45) is -5.57. The van der Waals surface area contributed by atoms with Crippen LogP contribution in [0.3, 0.4) is 0 Å². The SMILES string of the molecule is COC(=O)Oc1nc(-c2ccccc2)n(-c2ccc(C(F)(F)F)cc2Cl)n1. The molecular weight excluding hydrogens is 387 g/mol. The summed E-state index contributed by atoms with van der Waals surface area (Å²) in [6.45, 7) is 0. The van der Waals surface area contributed by atoms with Crippen LogP contribution in [-0.4, -0.2) is 28.0 Å². The summed E-state index contributed by atoms with van der Waals surface area (Å²) in [5.41, 5.74) is -0.180. The van der Waals surface area contributed by atoms with Crippen molar-refractivity contribution in [3.05, 3.63) is 59.1 Å². The van der Waals surface area contributed by atoms with Crippen molar-refractivity contribution in [3.63, 3.8) is 0 Å². The van der Waals surface area contributed by atoms with E-state index in [0.29, 0.717) is 5.56 Å². The van der Waals surface area contributed by atoms with Crippen molar-refractivity contribution in [1.29, 1.82) is 0 Å². The molecule has 2 aromatic carbocycles. The first-order valence-corrected chi connectivity index (χ1v) is 7.83. The van der Waals surface area contributed by atoms with Crippen molar-refractivity contribution < 1.29 is 27.4 Å². The average Bonchev–Trinajstić information content (AvgIpc) is 3.05. The maximum absolute atomic E-state index is 12.9. The van der Waals surface area contributed by atoms with E-state index in [1.807, 2.05) is 0 Å². The molecule has 0 N–H and O–H groups in total. The molecule has 0 spiro atoms. The maximum atomic E-state index is 12.9. The maximum Gasteiger partial charge on any atom is 0.516 e. The number of carbonyl (C=O) groups is 1. The molecular formula is C17H11ClF3N3O3. The molecule has 0 saturated heterocycles. The molecule has 6 nitrogen and oxygen atoms in total. The third-order valence-corrected chi connectivity index (χ3v) is 3.77. The number of aromatic nitrogens is 3. The van der Waals surface area contributed by atoms with Crippen LogP contribution in [0.2, 0.25) is 5.02 Å². The minimum Gasteiger partial charge on any atom is -0.437 e. The number of benzene rings is 2. The minimum absolute atomic E-state index is 0.135. The minimum atomic E-state index is -4.54. The highest BCUT2D eigenvalue weighted by atomic mass is 35.5. The molecule has 1 heterocycles. The second-order valence-corrected chi connectivity index (χ2v) is 5.62. The molecule has 1 aromatic heterocycles. The van der Waals surface area contributed by atoms with Gasteiger partial charge in [0.2, 0.25) is 0 Å². The van der Waals surface area contributed by atoms with Gasteiger partial charge in [-0.3, -0.25) is 0 Å². The Morgan fingerprint density at radius 3 is 2.44 bits per heavy atom. The fraction of sp³-hybridized carbons (Fsp3) is 0.118. The number of alkyl halides is 3. The predicted molar refractivity (Wildman–Crippen MR) is 89.8 cm³/mol. The topological polar surface area (TPSA) is 66.2 Å². The summed E-state index contributed by atoms with van der Waals surface area (Å²) in [6, 6.07) is 11.2. The van der Waals surface area contributed by atoms with Gasteiger partial charge in [0, 0.05) is 5.56 Å². The van der Waals surface area contributed by atoms with E-state index in [1.165, 1.54) is 4.68 Å². The molecule has 0 saturated carbocycles. The first kappa shape index (κ1) is 18.7. The highest BCUT2D eigenvalue weighted by molar-refractivity contribution is 6.32. The molecule has 0 unspecified atom stereocenters. The fourth-order valence-electron chi connectivity index (χ4n) is 2.25. The van der Waals surface area contributed by atoms with Crippen LogP contribution in [0.15, 0.2) is 48.5 Å². The Balaban J connectivity index is 2.12. The van der Waals surface area contributed by atoms with Gasteiger partial charge >= 0.3 is 18.3 Å². The van der Waals surface area contributed by atoms with Gasteiger partial charge in [-0.2, -0.15) is 18.2 Å². The van der Waals surface area contributed by atoms with Crippen LogP contribution in [0.4, 0.5) is 18.0 Å². The number of hydrogen-bond acceptors (Lipinski definition) is 5. The van der Waals surface area contributed by atoms with Gasteiger partial charge in [0.1, 0.15) is 0 Å². The third-order valence-electron chi connectivity index (χ3n) is 3.46. The normalized spacial score (nSPS) is 11.3. The molecule has 140 valence electrons. The molecule has 0 amide bonds. The molecule has 27 heavy (non-hydrogen) atoms. The number of hydrogen-bond donors (Lipinski definition) is 0. The molecule has 0 atom stereocenters. The number of nitrogens with zero attached hydrogens (tertiary/aromatic N) is 3. The molecule has 10 heteroatoms. The standard InChI is InChI=1S/C17H11ClF3N3O3/c1-26-16(25)27-15-22-14(10-5-3-2-4-6-10)24(23-15)13-8-7-11(9-12(13)18)17(19,20)21/h2-9H,1H3. The fourth-order valence-corrected chi connectivity index (χ4v) is 2.51. The van der Waals surface area contributed by atoms with Crippen LogP contribution >= 0.6 is 11.6 Å². The first-order valence-electron chi connectivity index (χ1n) is 7.45. The van der Waals surface area contributed by atoms with Gasteiger partial charge in [0.05, 0.1) is 23.4 Å². The lowest BCUT2D eigenvalue weighted by molar-refractivity contribution is -0.137. The van der Waals surface area contributed by atoms with Crippen molar-refractivity contribution in [1.82, 2.24) is 14.8 Å². The molecule has 0 fully saturated rings. The summed E-state index contributed by atoms with van der Waals surface area (Å²) in [4.78, 5) is 15.4. The Morgan fingerprint density at radius 2 is 1.85 bits per heavy atom. The largest absolute Gasteiger partial charge is 0.516 e. The molecule has 0 aliphatic rings. The van der Waals surface area contributed by atoms with E-state index in [-0.39, 0.29) is 22.5 Å². The Kier molecular flexibility index (Phi) is 5.04. The van der Waals surface area contributed by atoms with Gasteiger partial charge in [-0.1, -0.05) is 41.9 Å². The van der Waals surface area contributed by atoms with Crippen molar-refractivity contribution in [2.24, 2.45) is 0 Å². The Labute approximate surface area is 156 Å². The monoisotopic (exact) mass is 397 g/mol. The van der Waals surface area contributed by atoms with Gasteiger partial charge in [0.25, 0.3) is 0 Å². The molecule has 3 rings (SSSR count). The summed E-state index contributed by atoms with van der Waals surface area (Å²) in [7, 11) is 1.12. The zero-order valence-electron chi connectivity index (χ0n) is 13.7. The Morgan fingerprint density at radius 1 is 1.15 bits per heavy atom. The number of ether oxygens (including phenoxy) is 2. The van der Waals surface area contributed by atoms with Crippen LogP contribution in [0, 0.1) is 0 Å². The van der Waals surface area contributed by atoms with Crippen LogP contribution in [0.25, 0.3) is 17.1 Å². The van der Waals surface area contributed by atoms with E-state index in [4.69, 9.17) is 16.3 Å². The summed E-state index contributed by atoms with van der Waals surface area (Å²) in [5.74, 6) is 0.219. The number of carbonyl (C=O) groups excluding carboxylic acids is 1.